The average Bonchev–Trinajstić information content (AvgIpc) is 2.67. The van der Waals surface area contributed by atoms with Gasteiger partial charge in [0.05, 0.1) is 13.2 Å². The molecule has 1 aliphatic rings. The summed E-state index contributed by atoms with van der Waals surface area (Å²) in [4.78, 5) is 0. The predicted molar refractivity (Wildman–Crippen MR) is 53.1 cm³/mol. The number of halogens is 3. The average molecular weight is 241 g/mol. The second kappa shape index (κ2) is 6.42. The maximum Gasteiger partial charge on any atom is 0.389 e. The van der Waals surface area contributed by atoms with Crippen LogP contribution >= 0.6 is 0 Å². The van der Waals surface area contributed by atoms with Gasteiger partial charge in [-0.1, -0.05) is 0 Å². The molecule has 0 radical (unpaired) electrons. The van der Waals surface area contributed by atoms with E-state index in [1.807, 2.05) is 0 Å². The number of hydrogen-bond donors (Lipinski definition) is 1. The van der Waals surface area contributed by atoms with E-state index < -0.39 is 12.6 Å². The Balaban J connectivity index is 2.15. The van der Waals surface area contributed by atoms with Gasteiger partial charge in [-0.15, -0.1) is 0 Å². The van der Waals surface area contributed by atoms with Crippen molar-refractivity contribution in [2.24, 2.45) is 0 Å². The van der Waals surface area contributed by atoms with Crippen molar-refractivity contribution >= 4 is 0 Å². The Hall–Kier alpha value is -0.330. The molecule has 1 unspecified atom stereocenters. The van der Waals surface area contributed by atoms with E-state index in [1.165, 1.54) is 0 Å². The van der Waals surface area contributed by atoms with Crippen molar-refractivity contribution in [2.45, 2.75) is 44.2 Å². The zero-order valence-electron chi connectivity index (χ0n) is 9.35. The molecule has 3 nitrogen and oxygen atoms in total. The van der Waals surface area contributed by atoms with E-state index in [9.17, 15) is 13.2 Å². The topological polar surface area (TPSA) is 30.5 Å². The van der Waals surface area contributed by atoms with Crippen molar-refractivity contribution in [3.05, 3.63) is 0 Å². The zero-order valence-corrected chi connectivity index (χ0v) is 9.35. The SMILES string of the molecule is CNC(CCCC(F)(F)F)CC1OCCO1. The minimum atomic E-state index is -4.06. The fraction of sp³-hybridized carbons (Fsp3) is 1.00. The van der Waals surface area contributed by atoms with Crippen LogP contribution in [0.25, 0.3) is 0 Å². The van der Waals surface area contributed by atoms with Crippen molar-refractivity contribution in [2.75, 3.05) is 20.3 Å². The first-order valence-corrected chi connectivity index (χ1v) is 5.48. The first-order valence-electron chi connectivity index (χ1n) is 5.48. The van der Waals surface area contributed by atoms with Crippen LogP contribution in [0, 0.1) is 0 Å². The normalized spacial score (nSPS) is 20.2. The Labute approximate surface area is 93.3 Å². The highest BCUT2D eigenvalue weighted by Crippen LogP contribution is 2.23. The Kier molecular flexibility index (Phi) is 5.51. The van der Waals surface area contributed by atoms with E-state index in [2.05, 4.69) is 5.32 Å². The van der Waals surface area contributed by atoms with Crippen LogP contribution in [0.5, 0.6) is 0 Å². The first-order chi connectivity index (χ1) is 7.51. The summed E-state index contributed by atoms with van der Waals surface area (Å²) in [5.41, 5.74) is 0. The van der Waals surface area contributed by atoms with Crippen LogP contribution in [0.4, 0.5) is 13.2 Å². The molecule has 0 saturated carbocycles. The third-order valence-corrected chi connectivity index (χ3v) is 2.59. The molecule has 16 heavy (non-hydrogen) atoms. The van der Waals surface area contributed by atoms with Gasteiger partial charge in [0.1, 0.15) is 0 Å². The number of alkyl halides is 3. The van der Waals surface area contributed by atoms with Crippen LogP contribution in [0.2, 0.25) is 0 Å². The van der Waals surface area contributed by atoms with Gasteiger partial charge in [-0.2, -0.15) is 13.2 Å². The van der Waals surface area contributed by atoms with Crippen molar-refractivity contribution < 1.29 is 22.6 Å². The van der Waals surface area contributed by atoms with Gasteiger partial charge in [0.2, 0.25) is 0 Å². The lowest BCUT2D eigenvalue weighted by molar-refractivity contribution is -0.136. The smallest absolute Gasteiger partial charge is 0.350 e. The van der Waals surface area contributed by atoms with Crippen LogP contribution in [0.15, 0.2) is 0 Å². The molecular weight excluding hydrogens is 223 g/mol. The molecule has 1 atom stereocenters. The van der Waals surface area contributed by atoms with E-state index in [-0.39, 0.29) is 18.8 Å². The maximum atomic E-state index is 11.9. The molecule has 1 N–H and O–H groups in total. The summed E-state index contributed by atoms with van der Waals surface area (Å²) in [6.45, 7) is 1.15. The number of hydrogen-bond acceptors (Lipinski definition) is 3. The Morgan fingerprint density at radius 2 is 1.94 bits per heavy atom. The molecule has 1 rings (SSSR count). The molecule has 1 fully saturated rings. The molecule has 0 aromatic rings. The summed E-state index contributed by atoms with van der Waals surface area (Å²) >= 11 is 0. The standard InChI is InChI=1S/C10H18F3NO2/c1-14-8(3-2-4-10(11,12)13)7-9-15-5-6-16-9/h8-9,14H,2-7H2,1H3. The third kappa shape index (κ3) is 5.67. The van der Waals surface area contributed by atoms with Crippen LogP contribution in [-0.2, 0) is 9.47 Å². The summed E-state index contributed by atoms with van der Waals surface area (Å²) in [7, 11) is 1.74. The van der Waals surface area contributed by atoms with Gasteiger partial charge >= 0.3 is 6.18 Å². The number of rotatable bonds is 6. The minimum Gasteiger partial charge on any atom is -0.350 e. The van der Waals surface area contributed by atoms with Crippen LogP contribution in [0.3, 0.4) is 0 Å². The minimum absolute atomic E-state index is 0.0189. The second-order valence-corrected chi connectivity index (χ2v) is 3.90. The van der Waals surface area contributed by atoms with E-state index in [1.54, 1.807) is 7.05 Å². The quantitative estimate of drug-likeness (QED) is 0.772. The van der Waals surface area contributed by atoms with Gasteiger partial charge in [-0.25, -0.2) is 0 Å². The predicted octanol–water partition coefficient (Wildman–Crippen LogP) is 2.07. The van der Waals surface area contributed by atoms with E-state index >= 15 is 0 Å². The van der Waals surface area contributed by atoms with Crippen molar-refractivity contribution in [1.29, 1.82) is 0 Å². The van der Waals surface area contributed by atoms with E-state index in [4.69, 9.17) is 9.47 Å². The van der Waals surface area contributed by atoms with Crippen LogP contribution in [-0.4, -0.2) is 38.8 Å². The van der Waals surface area contributed by atoms with Gasteiger partial charge in [0.25, 0.3) is 0 Å². The fourth-order valence-electron chi connectivity index (χ4n) is 1.70. The summed E-state index contributed by atoms with van der Waals surface area (Å²) in [6, 6.07) is 0.0189. The number of nitrogens with one attached hydrogen (secondary N) is 1. The maximum absolute atomic E-state index is 11.9. The van der Waals surface area contributed by atoms with Crippen molar-refractivity contribution in [3.8, 4) is 0 Å². The molecule has 0 bridgehead atoms. The molecule has 1 heterocycles. The highest BCUT2D eigenvalue weighted by atomic mass is 19.4. The molecular formula is C10H18F3NO2. The highest BCUT2D eigenvalue weighted by Gasteiger charge is 2.27. The van der Waals surface area contributed by atoms with Crippen molar-refractivity contribution in [1.82, 2.24) is 5.32 Å². The van der Waals surface area contributed by atoms with E-state index in [0.717, 1.165) is 0 Å². The largest absolute Gasteiger partial charge is 0.389 e. The van der Waals surface area contributed by atoms with Gasteiger partial charge in [-0.05, 0) is 19.9 Å². The van der Waals surface area contributed by atoms with Crippen LogP contribution < -0.4 is 5.32 Å². The van der Waals surface area contributed by atoms with Gasteiger partial charge in [-0.3, -0.25) is 0 Å². The molecule has 0 aliphatic carbocycles. The summed E-state index contributed by atoms with van der Waals surface area (Å²) in [6.07, 6.45) is -3.81. The molecule has 6 heteroatoms. The molecule has 0 aromatic carbocycles. The number of ether oxygens (including phenoxy) is 2. The van der Waals surface area contributed by atoms with Crippen molar-refractivity contribution in [3.63, 3.8) is 0 Å². The zero-order chi connectivity index (χ0) is 12.0. The summed E-state index contributed by atoms with van der Waals surface area (Å²) in [5.74, 6) is 0. The lowest BCUT2D eigenvalue weighted by atomic mass is 10.1. The molecule has 0 aromatic heterocycles. The highest BCUT2D eigenvalue weighted by molar-refractivity contribution is 4.69. The van der Waals surface area contributed by atoms with E-state index in [0.29, 0.717) is 26.1 Å². The summed E-state index contributed by atoms with van der Waals surface area (Å²) < 4.78 is 46.3. The molecule has 1 aliphatic heterocycles. The lowest BCUT2D eigenvalue weighted by Crippen LogP contribution is -2.30. The monoisotopic (exact) mass is 241 g/mol. The Morgan fingerprint density at radius 3 is 2.44 bits per heavy atom. The Morgan fingerprint density at radius 1 is 1.31 bits per heavy atom. The van der Waals surface area contributed by atoms with Gasteiger partial charge < -0.3 is 14.8 Å². The third-order valence-electron chi connectivity index (χ3n) is 2.59. The molecule has 1 saturated heterocycles. The molecule has 0 spiro atoms. The van der Waals surface area contributed by atoms with Crippen LogP contribution in [0.1, 0.15) is 25.7 Å². The fourth-order valence-corrected chi connectivity index (χ4v) is 1.70. The molecule has 96 valence electrons. The van der Waals surface area contributed by atoms with Gasteiger partial charge in [0, 0.05) is 18.9 Å². The first kappa shape index (κ1) is 13.7. The van der Waals surface area contributed by atoms with Gasteiger partial charge in [0.15, 0.2) is 6.29 Å². The lowest BCUT2D eigenvalue weighted by Gasteiger charge is -2.19. The Bertz CT molecular complexity index is 193. The molecule has 0 amide bonds. The second-order valence-electron chi connectivity index (χ2n) is 3.90. The summed E-state index contributed by atoms with van der Waals surface area (Å²) in [5, 5.41) is 2.99.